The van der Waals surface area contributed by atoms with Crippen LogP contribution >= 0.6 is 11.6 Å². The van der Waals surface area contributed by atoms with E-state index in [9.17, 15) is 13.2 Å². The molecule has 9 heteroatoms. The van der Waals surface area contributed by atoms with Crippen LogP contribution in [0.5, 0.6) is 0 Å². The summed E-state index contributed by atoms with van der Waals surface area (Å²) in [6.45, 7) is 1.62. The molecule has 0 saturated heterocycles. The van der Waals surface area contributed by atoms with Gasteiger partial charge >= 0.3 is 6.09 Å². The third-order valence-electron chi connectivity index (χ3n) is 2.19. The number of nitrogens with one attached hydrogen (secondary N) is 1. The van der Waals surface area contributed by atoms with Crippen molar-refractivity contribution in [1.82, 2.24) is 14.1 Å². The lowest BCUT2D eigenvalue weighted by Crippen LogP contribution is -2.32. The first kappa shape index (κ1) is 13.6. The number of carbonyl (C=O) groups excluding carboxylic acids is 1. The van der Waals surface area contributed by atoms with Crippen LogP contribution in [0, 0.1) is 0 Å². The molecule has 0 spiro atoms. The Bertz CT molecular complexity index is 725. The summed E-state index contributed by atoms with van der Waals surface area (Å²) < 4.78 is 31.7. The summed E-state index contributed by atoms with van der Waals surface area (Å²) in [7, 11) is -4.15. The SMILES string of the molecule is CCOC(=O)NS(=O)(=O)c1c(Cl)nc2ccccn12. The average Bonchev–Trinajstić information content (AvgIpc) is 2.64. The molecule has 0 bridgehead atoms. The summed E-state index contributed by atoms with van der Waals surface area (Å²) >= 11 is 5.81. The van der Waals surface area contributed by atoms with E-state index >= 15 is 0 Å². The van der Waals surface area contributed by atoms with Crippen molar-refractivity contribution in [1.29, 1.82) is 0 Å². The number of hydrogen-bond acceptors (Lipinski definition) is 5. The minimum absolute atomic E-state index is 0.0578. The number of rotatable bonds is 3. The van der Waals surface area contributed by atoms with Gasteiger partial charge in [-0.1, -0.05) is 17.7 Å². The van der Waals surface area contributed by atoms with Crippen LogP contribution in [0.1, 0.15) is 6.92 Å². The summed E-state index contributed by atoms with van der Waals surface area (Å²) in [6, 6.07) is 4.90. The zero-order valence-corrected chi connectivity index (χ0v) is 11.4. The number of imidazole rings is 1. The van der Waals surface area contributed by atoms with Crippen molar-refractivity contribution in [3.8, 4) is 0 Å². The van der Waals surface area contributed by atoms with E-state index in [0.29, 0.717) is 5.65 Å². The number of sulfonamides is 1. The molecule has 0 aliphatic carbocycles. The quantitative estimate of drug-likeness (QED) is 0.926. The van der Waals surface area contributed by atoms with Gasteiger partial charge in [0.15, 0.2) is 10.2 Å². The Hall–Kier alpha value is -1.80. The maximum absolute atomic E-state index is 12.1. The lowest BCUT2D eigenvalue weighted by molar-refractivity contribution is 0.158. The van der Waals surface area contributed by atoms with Crippen molar-refractivity contribution >= 4 is 33.4 Å². The monoisotopic (exact) mass is 303 g/mol. The first-order chi connectivity index (χ1) is 8.95. The largest absolute Gasteiger partial charge is 0.449 e. The molecule has 2 aromatic rings. The summed E-state index contributed by atoms with van der Waals surface area (Å²) in [5.41, 5.74) is 0.358. The minimum atomic E-state index is -4.15. The van der Waals surface area contributed by atoms with Crippen LogP contribution in [0.25, 0.3) is 5.65 Å². The second-order valence-corrected chi connectivity index (χ2v) is 5.42. The number of amides is 1. The standard InChI is InChI=1S/C10H10ClN3O4S/c1-2-18-10(15)13-19(16,17)9-8(11)12-7-5-3-4-6-14(7)9/h3-6H,2H2,1H3,(H,13,15). The number of hydrogen-bond donors (Lipinski definition) is 1. The maximum atomic E-state index is 12.1. The summed E-state index contributed by atoms with van der Waals surface area (Å²) in [5.74, 6) is 0. The lowest BCUT2D eigenvalue weighted by atomic mass is 10.5. The Morgan fingerprint density at radius 3 is 2.95 bits per heavy atom. The molecule has 2 rings (SSSR count). The second-order valence-electron chi connectivity index (χ2n) is 3.46. The van der Waals surface area contributed by atoms with Gasteiger partial charge in [-0.25, -0.2) is 14.5 Å². The van der Waals surface area contributed by atoms with Crippen molar-refractivity contribution in [2.75, 3.05) is 6.61 Å². The molecule has 2 heterocycles. The molecule has 0 atom stereocenters. The van der Waals surface area contributed by atoms with Crippen molar-refractivity contribution < 1.29 is 17.9 Å². The maximum Gasteiger partial charge on any atom is 0.421 e. The van der Waals surface area contributed by atoms with Gasteiger partial charge in [-0.3, -0.25) is 4.40 Å². The Balaban J connectivity index is 2.49. The molecule has 0 aliphatic heterocycles. The smallest absolute Gasteiger partial charge is 0.421 e. The van der Waals surface area contributed by atoms with Crippen molar-refractivity contribution in [2.45, 2.75) is 11.9 Å². The van der Waals surface area contributed by atoms with Crippen LogP contribution in [-0.2, 0) is 14.8 Å². The minimum Gasteiger partial charge on any atom is -0.449 e. The van der Waals surface area contributed by atoms with Crippen LogP contribution in [0.3, 0.4) is 0 Å². The van der Waals surface area contributed by atoms with E-state index in [1.807, 2.05) is 0 Å². The van der Waals surface area contributed by atoms with Crippen molar-refractivity contribution in [3.63, 3.8) is 0 Å². The van der Waals surface area contributed by atoms with Gasteiger partial charge in [0, 0.05) is 6.20 Å². The highest BCUT2D eigenvalue weighted by atomic mass is 35.5. The first-order valence-electron chi connectivity index (χ1n) is 5.28. The molecule has 102 valence electrons. The van der Waals surface area contributed by atoms with Gasteiger partial charge in [0.05, 0.1) is 6.61 Å². The Morgan fingerprint density at radius 1 is 1.53 bits per heavy atom. The van der Waals surface area contributed by atoms with E-state index < -0.39 is 16.1 Å². The normalized spacial score (nSPS) is 11.5. The summed E-state index contributed by atoms with van der Waals surface area (Å²) in [4.78, 5) is 15.1. The number of pyridine rings is 1. The van der Waals surface area contributed by atoms with Crippen LogP contribution in [0.4, 0.5) is 4.79 Å². The Morgan fingerprint density at radius 2 is 2.26 bits per heavy atom. The predicted molar refractivity (Wildman–Crippen MR) is 67.5 cm³/mol. The molecule has 19 heavy (non-hydrogen) atoms. The number of fused-ring (bicyclic) bond motifs is 1. The molecule has 1 amide bonds. The number of halogens is 1. The summed E-state index contributed by atoms with van der Waals surface area (Å²) in [6.07, 6.45) is 0.415. The van der Waals surface area contributed by atoms with Gasteiger partial charge in [0.1, 0.15) is 5.65 Å². The van der Waals surface area contributed by atoms with Gasteiger partial charge in [0.25, 0.3) is 10.0 Å². The van der Waals surface area contributed by atoms with E-state index in [2.05, 4.69) is 9.72 Å². The van der Waals surface area contributed by atoms with Crippen LogP contribution in [-0.4, -0.2) is 30.5 Å². The topological polar surface area (TPSA) is 89.8 Å². The Kier molecular flexibility index (Phi) is 3.63. The molecule has 1 N–H and O–H groups in total. The zero-order chi connectivity index (χ0) is 14.0. The van der Waals surface area contributed by atoms with E-state index in [4.69, 9.17) is 11.6 Å². The first-order valence-corrected chi connectivity index (χ1v) is 7.14. The predicted octanol–water partition coefficient (Wildman–Crippen LogP) is 1.42. The van der Waals surface area contributed by atoms with E-state index in [1.54, 1.807) is 29.8 Å². The second kappa shape index (κ2) is 5.06. The van der Waals surface area contributed by atoms with E-state index in [-0.39, 0.29) is 16.8 Å². The number of aromatic nitrogens is 2. The molecule has 0 unspecified atom stereocenters. The van der Waals surface area contributed by atoms with Crippen molar-refractivity contribution in [2.24, 2.45) is 0 Å². The number of carbonyl (C=O) groups is 1. The Labute approximate surface area is 114 Å². The third-order valence-corrected chi connectivity index (χ3v) is 3.90. The number of nitrogens with zero attached hydrogens (tertiary/aromatic N) is 2. The molecule has 2 aromatic heterocycles. The van der Waals surface area contributed by atoms with Gasteiger partial charge in [0.2, 0.25) is 0 Å². The zero-order valence-electron chi connectivity index (χ0n) is 9.83. The highest BCUT2D eigenvalue weighted by Gasteiger charge is 2.26. The molecule has 0 fully saturated rings. The molecular formula is C10H10ClN3O4S. The van der Waals surface area contributed by atoms with E-state index in [1.165, 1.54) is 10.6 Å². The summed E-state index contributed by atoms with van der Waals surface area (Å²) in [5, 5.41) is -0.527. The van der Waals surface area contributed by atoms with Gasteiger partial charge in [-0.05, 0) is 19.1 Å². The van der Waals surface area contributed by atoms with Crippen LogP contribution < -0.4 is 4.72 Å². The van der Waals surface area contributed by atoms with E-state index in [0.717, 1.165) is 0 Å². The fourth-order valence-electron chi connectivity index (χ4n) is 1.50. The lowest BCUT2D eigenvalue weighted by Gasteiger charge is -2.06. The van der Waals surface area contributed by atoms with Crippen LogP contribution in [0.2, 0.25) is 5.15 Å². The van der Waals surface area contributed by atoms with Gasteiger partial charge in [-0.2, -0.15) is 8.42 Å². The highest BCUT2D eigenvalue weighted by Crippen LogP contribution is 2.22. The third kappa shape index (κ3) is 2.64. The molecule has 0 aromatic carbocycles. The molecular weight excluding hydrogens is 294 g/mol. The molecule has 0 radical (unpaired) electrons. The highest BCUT2D eigenvalue weighted by molar-refractivity contribution is 7.90. The fourth-order valence-corrected chi connectivity index (χ4v) is 3.04. The molecule has 0 saturated carbocycles. The van der Waals surface area contributed by atoms with Crippen LogP contribution in [0.15, 0.2) is 29.4 Å². The van der Waals surface area contributed by atoms with Gasteiger partial charge < -0.3 is 4.74 Å². The van der Waals surface area contributed by atoms with Crippen molar-refractivity contribution in [3.05, 3.63) is 29.5 Å². The fraction of sp³-hybridized carbons (Fsp3) is 0.200. The average molecular weight is 304 g/mol. The number of ether oxygens (including phenoxy) is 1. The molecule has 0 aliphatic rings. The van der Waals surface area contributed by atoms with Gasteiger partial charge in [-0.15, -0.1) is 0 Å². The molecule has 7 nitrogen and oxygen atoms in total.